The van der Waals surface area contributed by atoms with E-state index < -0.39 is 24.9 Å². The molecule has 1 aromatic rings. The number of halogens is 6. The molecule has 0 spiro atoms. The Morgan fingerprint density at radius 3 is 2.29 bits per heavy atom. The Balaban J connectivity index is 0.000000351. The molecule has 2 heterocycles. The van der Waals surface area contributed by atoms with E-state index in [0.717, 1.165) is 17.5 Å². The van der Waals surface area contributed by atoms with Crippen LogP contribution in [0.4, 0.5) is 32.0 Å². The van der Waals surface area contributed by atoms with Crippen LogP contribution in [0.3, 0.4) is 0 Å². The number of aliphatic carboxylic acids is 1. The summed E-state index contributed by atoms with van der Waals surface area (Å²) in [5.41, 5.74) is 0.626. The molecule has 24 heavy (non-hydrogen) atoms. The number of nitrogens with zero attached hydrogens (tertiary/aromatic N) is 2. The zero-order valence-corrected chi connectivity index (χ0v) is 12.2. The van der Waals surface area contributed by atoms with Gasteiger partial charge in [-0.2, -0.15) is 31.4 Å². The summed E-state index contributed by atoms with van der Waals surface area (Å²) in [6.45, 7) is 0.325. The molecule has 0 radical (unpaired) electrons. The van der Waals surface area contributed by atoms with Crippen molar-refractivity contribution in [3.8, 4) is 0 Å². The highest BCUT2D eigenvalue weighted by molar-refractivity contribution is 5.73. The number of alkyl halides is 6. The van der Waals surface area contributed by atoms with Crippen molar-refractivity contribution in [3.63, 3.8) is 0 Å². The van der Waals surface area contributed by atoms with Gasteiger partial charge < -0.3 is 15.2 Å². The van der Waals surface area contributed by atoms with E-state index in [-0.39, 0.29) is 6.04 Å². The summed E-state index contributed by atoms with van der Waals surface area (Å²) in [4.78, 5) is 8.90. The SMILES string of the molecule is FC(F)(F)Cn1cc(NC2CCOCC2)cn1.O=C(O)C(F)(F)F. The molecule has 1 aliphatic heterocycles. The maximum Gasteiger partial charge on any atom is 0.490 e. The van der Waals surface area contributed by atoms with Crippen molar-refractivity contribution in [1.82, 2.24) is 9.78 Å². The van der Waals surface area contributed by atoms with Gasteiger partial charge in [-0.1, -0.05) is 0 Å². The van der Waals surface area contributed by atoms with Crippen LogP contribution in [0.15, 0.2) is 12.4 Å². The van der Waals surface area contributed by atoms with Gasteiger partial charge >= 0.3 is 18.3 Å². The largest absolute Gasteiger partial charge is 0.490 e. The Labute approximate surface area is 132 Å². The molecule has 0 amide bonds. The molecule has 0 unspecified atom stereocenters. The van der Waals surface area contributed by atoms with Crippen molar-refractivity contribution in [1.29, 1.82) is 0 Å². The van der Waals surface area contributed by atoms with E-state index in [4.69, 9.17) is 14.6 Å². The van der Waals surface area contributed by atoms with Crippen molar-refractivity contribution in [2.75, 3.05) is 18.5 Å². The van der Waals surface area contributed by atoms with Crippen molar-refractivity contribution in [2.24, 2.45) is 0 Å². The predicted molar refractivity (Wildman–Crippen MR) is 69.4 cm³/mol. The van der Waals surface area contributed by atoms with Crippen molar-refractivity contribution >= 4 is 11.7 Å². The Bertz CT molecular complexity index is 523. The van der Waals surface area contributed by atoms with E-state index >= 15 is 0 Å². The highest BCUT2D eigenvalue weighted by Crippen LogP contribution is 2.19. The summed E-state index contributed by atoms with van der Waals surface area (Å²) < 4.78 is 74.2. The van der Waals surface area contributed by atoms with Gasteiger partial charge in [-0.15, -0.1) is 0 Å². The number of nitrogens with one attached hydrogen (secondary N) is 1. The minimum Gasteiger partial charge on any atom is -0.475 e. The quantitative estimate of drug-likeness (QED) is 0.808. The molecule has 2 N–H and O–H groups in total. The number of aromatic nitrogens is 2. The van der Waals surface area contributed by atoms with E-state index in [1.54, 1.807) is 0 Å². The number of rotatable bonds is 3. The molecule has 138 valence electrons. The minimum absolute atomic E-state index is 0.257. The van der Waals surface area contributed by atoms with Crippen molar-refractivity contribution < 1.29 is 41.0 Å². The maximum absolute atomic E-state index is 12.1. The molecule has 0 saturated carbocycles. The van der Waals surface area contributed by atoms with Gasteiger partial charge in [0.1, 0.15) is 6.54 Å². The molecule has 12 heteroatoms. The van der Waals surface area contributed by atoms with Crippen LogP contribution in [0.2, 0.25) is 0 Å². The molecule has 1 aliphatic rings. The summed E-state index contributed by atoms with van der Waals surface area (Å²) in [5, 5.41) is 14.0. The standard InChI is InChI=1S/C10H14F3N3O.C2HF3O2/c11-10(12,13)7-16-6-9(5-14-16)15-8-1-3-17-4-2-8;3-2(4,5)1(6)7/h5-6,8,15H,1-4,7H2;(H,6,7). The first kappa shape index (κ1) is 20.1. The van der Waals surface area contributed by atoms with E-state index in [2.05, 4.69) is 10.4 Å². The molecule has 0 atom stereocenters. The summed E-state index contributed by atoms with van der Waals surface area (Å²) in [6, 6.07) is 0.257. The van der Waals surface area contributed by atoms with Gasteiger partial charge in [0.2, 0.25) is 0 Å². The molecule has 2 rings (SSSR count). The third-order valence-corrected chi connectivity index (χ3v) is 2.81. The van der Waals surface area contributed by atoms with E-state index in [1.165, 1.54) is 12.4 Å². The fraction of sp³-hybridized carbons (Fsp3) is 0.667. The summed E-state index contributed by atoms with van der Waals surface area (Å²) in [5.74, 6) is -2.76. The van der Waals surface area contributed by atoms with Gasteiger partial charge in [0, 0.05) is 25.5 Å². The molecule has 0 aromatic carbocycles. The number of carbonyl (C=O) groups is 1. The van der Waals surface area contributed by atoms with E-state index in [1.807, 2.05) is 0 Å². The summed E-state index contributed by atoms with van der Waals surface area (Å²) in [6.07, 6.45) is -4.79. The van der Waals surface area contributed by atoms with E-state index in [0.29, 0.717) is 18.9 Å². The van der Waals surface area contributed by atoms with Crippen LogP contribution >= 0.6 is 0 Å². The second-order valence-corrected chi connectivity index (χ2v) is 4.88. The highest BCUT2D eigenvalue weighted by atomic mass is 19.4. The first-order chi connectivity index (χ1) is 11.0. The van der Waals surface area contributed by atoms with Crippen molar-refractivity contribution in [2.45, 2.75) is 37.8 Å². The maximum atomic E-state index is 12.1. The van der Waals surface area contributed by atoms with Gasteiger partial charge in [0.15, 0.2) is 0 Å². The van der Waals surface area contributed by atoms with Crippen LogP contribution in [0.25, 0.3) is 0 Å². The average Bonchev–Trinajstić information content (AvgIpc) is 2.84. The Morgan fingerprint density at radius 1 is 1.29 bits per heavy atom. The van der Waals surface area contributed by atoms with Gasteiger partial charge in [0.25, 0.3) is 0 Å². The molecule has 0 aliphatic carbocycles. The number of hydrogen-bond donors (Lipinski definition) is 2. The van der Waals surface area contributed by atoms with Crippen molar-refractivity contribution in [3.05, 3.63) is 12.4 Å². The van der Waals surface area contributed by atoms with Gasteiger partial charge in [0.05, 0.1) is 11.9 Å². The third-order valence-electron chi connectivity index (χ3n) is 2.81. The highest BCUT2D eigenvalue weighted by Gasteiger charge is 2.38. The number of hydrogen-bond acceptors (Lipinski definition) is 4. The lowest BCUT2D eigenvalue weighted by Crippen LogP contribution is -2.27. The number of ether oxygens (including phenoxy) is 1. The first-order valence-corrected chi connectivity index (χ1v) is 6.71. The Morgan fingerprint density at radius 2 is 1.83 bits per heavy atom. The smallest absolute Gasteiger partial charge is 0.475 e. The fourth-order valence-corrected chi connectivity index (χ4v) is 1.79. The van der Waals surface area contributed by atoms with Gasteiger partial charge in [-0.25, -0.2) is 4.79 Å². The van der Waals surface area contributed by atoms with Crippen LogP contribution in [0.5, 0.6) is 0 Å². The number of carboxylic acid groups (broad SMARTS) is 1. The molecule has 1 saturated heterocycles. The Kier molecular flexibility index (Phi) is 6.87. The lowest BCUT2D eigenvalue weighted by Gasteiger charge is -2.23. The molecule has 0 bridgehead atoms. The summed E-state index contributed by atoms with van der Waals surface area (Å²) in [7, 11) is 0. The zero-order chi connectivity index (χ0) is 18.4. The van der Waals surface area contributed by atoms with Crippen LogP contribution in [-0.2, 0) is 16.1 Å². The normalized spacial score (nSPS) is 16.2. The third kappa shape index (κ3) is 8.04. The molecule has 1 fully saturated rings. The van der Waals surface area contributed by atoms with Crippen LogP contribution in [0, 0.1) is 0 Å². The van der Waals surface area contributed by atoms with E-state index in [9.17, 15) is 26.3 Å². The zero-order valence-electron chi connectivity index (χ0n) is 12.2. The van der Waals surface area contributed by atoms with Gasteiger partial charge in [-0.3, -0.25) is 4.68 Å². The number of carboxylic acids is 1. The van der Waals surface area contributed by atoms with Gasteiger partial charge in [-0.05, 0) is 12.8 Å². The van der Waals surface area contributed by atoms with Crippen LogP contribution in [-0.4, -0.2) is 52.5 Å². The fourth-order valence-electron chi connectivity index (χ4n) is 1.79. The topological polar surface area (TPSA) is 76.4 Å². The Hall–Kier alpha value is -1.98. The van der Waals surface area contributed by atoms with Crippen LogP contribution < -0.4 is 5.32 Å². The predicted octanol–water partition coefficient (Wildman–Crippen LogP) is 2.67. The number of anilines is 1. The molecule has 6 nitrogen and oxygen atoms in total. The lowest BCUT2D eigenvalue weighted by atomic mass is 10.1. The summed E-state index contributed by atoms with van der Waals surface area (Å²) >= 11 is 0. The van der Waals surface area contributed by atoms with Crippen LogP contribution in [0.1, 0.15) is 12.8 Å². The first-order valence-electron chi connectivity index (χ1n) is 6.71. The minimum atomic E-state index is -5.08. The average molecular weight is 363 g/mol. The molecular formula is C12H15F6N3O3. The second kappa shape index (κ2) is 8.22. The monoisotopic (exact) mass is 363 g/mol. The molecule has 1 aromatic heterocycles. The second-order valence-electron chi connectivity index (χ2n) is 4.88. The molecular weight excluding hydrogens is 348 g/mol. The lowest BCUT2D eigenvalue weighted by molar-refractivity contribution is -0.192.